The summed E-state index contributed by atoms with van der Waals surface area (Å²) < 4.78 is 32.9. The Morgan fingerprint density at radius 3 is 2.26 bits per heavy atom. The molecular formula is C27H50NO9P. The highest BCUT2D eigenvalue weighted by Crippen LogP contribution is 2.46. The molecule has 1 aliphatic rings. The fourth-order valence-electron chi connectivity index (χ4n) is 4.12. The number of aliphatic carboxylic acids is 1. The number of phosphoric acid groups is 1. The van der Waals surface area contributed by atoms with Gasteiger partial charge in [-0.3, -0.25) is 18.6 Å². The van der Waals surface area contributed by atoms with Gasteiger partial charge in [0.2, 0.25) is 0 Å². The molecule has 11 heteroatoms. The Kier molecular flexibility index (Phi) is 19.7. The summed E-state index contributed by atoms with van der Waals surface area (Å²) in [6.07, 6.45) is 19.8. The fraction of sp³-hybridized carbons (Fsp3) is 0.852. The summed E-state index contributed by atoms with van der Waals surface area (Å²) >= 11 is 0. The van der Waals surface area contributed by atoms with Gasteiger partial charge in [0, 0.05) is 13.0 Å². The number of nitrogens with two attached hydrogens (primary N) is 1. The van der Waals surface area contributed by atoms with E-state index in [1.165, 1.54) is 51.4 Å². The predicted octanol–water partition coefficient (Wildman–Crippen LogP) is 5.66. The zero-order chi connectivity index (χ0) is 28.1. The fourth-order valence-corrected chi connectivity index (χ4v) is 5.12. The van der Waals surface area contributed by atoms with E-state index in [0.717, 1.165) is 32.1 Å². The molecule has 0 spiro atoms. The third kappa shape index (κ3) is 18.1. The monoisotopic (exact) mass is 563 g/mol. The number of allylic oxidation sites excluding steroid dienone is 2. The number of hydrogen-bond acceptors (Lipinski definition) is 8. The van der Waals surface area contributed by atoms with Crippen molar-refractivity contribution in [2.75, 3.05) is 19.8 Å². The largest absolute Gasteiger partial charge is 0.480 e. The summed E-state index contributed by atoms with van der Waals surface area (Å²) in [4.78, 5) is 32.8. The summed E-state index contributed by atoms with van der Waals surface area (Å²) in [6.45, 7) is 1.89. The van der Waals surface area contributed by atoms with E-state index in [2.05, 4.69) is 23.6 Å². The second-order valence-electron chi connectivity index (χ2n) is 9.92. The van der Waals surface area contributed by atoms with Crippen LogP contribution in [-0.4, -0.2) is 60.0 Å². The van der Waals surface area contributed by atoms with Gasteiger partial charge in [-0.05, 0) is 44.9 Å². The van der Waals surface area contributed by atoms with Crippen molar-refractivity contribution in [3.63, 3.8) is 0 Å². The number of carbonyl (C=O) groups excluding carboxylic acids is 1. The first-order valence-electron chi connectivity index (χ1n) is 14.3. The van der Waals surface area contributed by atoms with Crippen LogP contribution in [0.15, 0.2) is 12.2 Å². The predicted molar refractivity (Wildman–Crippen MR) is 146 cm³/mol. The number of phosphoric ester groups is 1. The standard InChI is InChI=1S/C27H50NO9P/c1-2-3-4-5-6-7-8-9-10-11-12-13-14-15-16-19-26(29)35-22-25-24(18-17-20-34-25)37-38(32,33)36-21-23(28)27(30)31/h9-10,23-25H,2-8,11-22,28H2,1H3,(H,30,31)(H,32,33)/t23-,24+,25+/m0/s1. The van der Waals surface area contributed by atoms with E-state index >= 15 is 0 Å². The van der Waals surface area contributed by atoms with Crippen molar-refractivity contribution in [2.45, 2.75) is 128 Å². The van der Waals surface area contributed by atoms with Gasteiger partial charge in [0.05, 0.1) is 12.7 Å². The Morgan fingerprint density at radius 1 is 1.03 bits per heavy atom. The molecular weight excluding hydrogens is 513 g/mol. The van der Waals surface area contributed by atoms with Crippen LogP contribution in [0.25, 0.3) is 0 Å². The molecule has 1 heterocycles. The second kappa shape index (κ2) is 21.5. The van der Waals surface area contributed by atoms with E-state index < -0.39 is 38.6 Å². The summed E-state index contributed by atoms with van der Waals surface area (Å²) in [5, 5.41) is 8.76. The highest BCUT2D eigenvalue weighted by molar-refractivity contribution is 7.47. The maximum atomic E-state index is 12.2. The first-order chi connectivity index (χ1) is 18.2. The average molecular weight is 564 g/mol. The number of esters is 1. The van der Waals surface area contributed by atoms with Crippen LogP contribution in [0, 0.1) is 0 Å². The summed E-state index contributed by atoms with van der Waals surface area (Å²) in [5.74, 6) is -1.70. The molecule has 1 saturated heterocycles. The molecule has 1 unspecified atom stereocenters. The Labute approximate surface area is 228 Å². The van der Waals surface area contributed by atoms with Crippen molar-refractivity contribution in [3.8, 4) is 0 Å². The minimum atomic E-state index is -4.55. The lowest BCUT2D eigenvalue weighted by atomic mass is 10.1. The van der Waals surface area contributed by atoms with Gasteiger partial charge in [-0.2, -0.15) is 0 Å². The van der Waals surface area contributed by atoms with Gasteiger partial charge in [-0.15, -0.1) is 0 Å². The van der Waals surface area contributed by atoms with Crippen LogP contribution in [-0.2, 0) is 32.7 Å². The van der Waals surface area contributed by atoms with E-state index in [0.29, 0.717) is 25.9 Å². The van der Waals surface area contributed by atoms with Crippen LogP contribution in [0.2, 0.25) is 0 Å². The van der Waals surface area contributed by atoms with Crippen LogP contribution in [0.5, 0.6) is 0 Å². The van der Waals surface area contributed by atoms with Crippen LogP contribution >= 0.6 is 7.82 Å². The van der Waals surface area contributed by atoms with E-state index in [4.69, 9.17) is 24.8 Å². The molecule has 1 aliphatic heterocycles. The average Bonchev–Trinajstić information content (AvgIpc) is 2.88. The molecule has 4 N–H and O–H groups in total. The van der Waals surface area contributed by atoms with Gasteiger partial charge in [0.1, 0.15) is 18.8 Å². The van der Waals surface area contributed by atoms with Crippen LogP contribution < -0.4 is 5.73 Å². The van der Waals surface area contributed by atoms with Crippen molar-refractivity contribution in [1.82, 2.24) is 0 Å². The number of carbonyl (C=O) groups is 2. The third-order valence-electron chi connectivity index (χ3n) is 6.43. The highest BCUT2D eigenvalue weighted by atomic mass is 31.2. The van der Waals surface area contributed by atoms with Gasteiger partial charge in [0.15, 0.2) is 0 Å². The van der Waals surface area contributed by atoms with E-state index in [9.17, 15) is 19.0 Å². The molecule has 1 rings (SSSR count). The van der Waals surface area contributed by atoms with Gasteiger partial charge in [-0.25, -0.2) is 4.57 Å². The number of carboxylic acid groups (broad SMARTS) is 1. The normalized spacial score (nSPS) is 20.3. The van der Waals surface area contributed by atoms with Gasteiger partial charge in [-0.1, -0.05) is 70.4 Å². The third-order valence-corrected chi connectivity index (χ3v) is 7.45. The maximum absolute atomic E-state index is 12.2. The molecule has 0 aromatic carbocycles. The minimum absolute atomic E-state index is 0.0940. The molecule has 0 amide bonds. The van der Waals surface area contributed by atoms with Crippen LogP contribution in [0.4, 0.5) is 0 Å². The molecule has 4 atom stereocenters. The van der Waals surface area contributed by atoms with E-state index in [1.807, 2.05) is 0 Å². The van der Waals surface area contributed by atoms with Crippen molar-refractivity contribution in [2.24, 2.45) is 5.73 Å². The van der Waals surface area contributed by atoms with E-state index in [1.54, 1.807) is 0 Å². The smallest absolute Gasteiger partial charge is 0.472 e. The summed E-state index contributed by atoms with van der Waals surface area (Å²) in [6, 6.07) is -1.45. The SMILES string of the molecule is CCCCCCCCC=CCCCCCCCC(=O)OC[C@H]1OCCC[C@H]1OP(=O)(O)OC[C@H](N)C(=O)O. The van der Waals surface area contributed by atoms with Gasteiger partial charge >= 0.3 is 19.8 Å². The van der Waals surface area contributed by atoms with Crippen molar-refractivity contribution in [3.05, 3.63) is 12.2 Å². The zero-order valence-corrected chi connectivity index (χ0v) is 24.0. The molecule has 0 saturated carbocycles. The lowest BCUT2D eigenvalue weighted by Gasteiger charge is -2.32. The second-order valence-corrected chi connectivity index (χ2v) is 11.3. The molecule has 10 nitrogen and oxygen atoms in total. The number of rotatable bonds is 23. The van der Waals surface area contributed by atoms with Crippen molar-refractivity contribution >= 4 is 19.8 Å². The quantitative estimate of drug-likeness (QED) is 0.0614. The first kappa shape index (κ1) is 34.7. The first-order valence-corrected chi connectivity index (χ1v) is 15.8. The Bertz CT molecular complexity index is 719. The number of ether oxygens (including phenoxy) is 2. The Balaban J connectivity index is 2.11. The van der Waals surface area contributed by atoms with Gasteiger partial charge in [0.25, 0.3) is 0 Å². The van der Waals surface area contributed by atoms with Crippen LogP contribution in [0.3, 0.4) is 0 Å². The Morgan fingerprint density at radius 2 is 1.63 bits per heavy atom. The molecule has 0 aromatic heterocycles. The molecule has 0 bridgehead atoms. The summed E-state index contributed by atoms with van der Waals surface area (Å²) in [7, 11) is -4.55. The zero-order valence-electron chi connectivity index (χ0n) is 23.1. The molecule has 0 aromatic rings. The molecule has 38 heavy (non-hydrogen) atoms. The van der Waals surface area contributed by atoms with Gasteiger partial charge < -0.3 is 25.2 Å². The molecule has 0 aliphatic carbocycles. The topological polar surface area (TPSA) is 155 Å². The van der Waals surface area contributed by atoms with Crippen LogP contribution in [0.1, 0.15) is 110 Å². The molecule has 1 fully saturated rings. The van der Waals surface area contributed by atoms with Crippen molar-refractivity contribution in [1.29, 1.82) is 0 Å². The lowest BCUT2D eigenvalue weighted by Crippen LogP contribution is -2.40. The minimum Gasteiger partial charge on any atom is -0.480 e. The lowest BCUT2D eigenvalue weighted by molar-refractivity contribution is -0.154. The maximum Gasteiger partial charge on any atom is 0.472 e. The number of carboxylic acids is 1. The molecule has 0 radical (unpaired) electrons. The van der Waals surface area contributed by atoms with Crippen molar-refractivity contribution < 1.29 is 42.7 Å². The number of unbranched alkanes of at least 4 members (excludes halogenated alkanes) is 11. The number of hydrogen-bond donors (Lipinski definition) is 3. The summed E-state index contributed by atoms with van der Waals surface area (Å²) in [5.41, 5.74) is 5.28. The van der Waals surface area contributed by atoms with E-state index in [-0.39, 0.29) is 12.6 Å². The highest BCUT2D eigenvalue weighted by Gasteiger charge is 2.36. The molecule has 222 valence electrons. The Hall–Kier alpha value is -1.29.